The van der Waals surface area contributed by atoms with Crippen LogP contribution >= 0.6 is 11.6 Å². The molecule has 1 atom stereocenters. The molecule has 0 bridgehead atoms. The lowest BCUT2D eigenvalue weighted by molar-refractivity contribution is 0.396. The van der Waals surface area contributed by atoms with E-state index in [-0.39, 0.29) is 16.0 Å². The van der Waals surface area contributed by atoms with Crippen LogP contribution in [0.15, 0.2) is 53.4 Å². The van der Waals surface area contributed by atoms with E-state index in [0.717, 1.165) is 18.4 Å². The van der Waals surface area contributed by atoms with Crippen LogP contribution in [0.4, 0.5) is 0 Å². The Morgan fingerprint density at radius 3 is 2.45 bits per heavy atom. The predicted molar refractivity (Wildman–Crippen MR) is 88.5 cm³/mol. The van der Waals surface area contributed by atoms with E-state index >= 15 is 0 Å². The summed E-state index contributed by atoms with van der Waals surface area (Å²) in [6.45, 7) is 2.56. The molecule has 1 aliphatic heterocycles. The molecule has 3 nitrogen and oxygen atoms in total. The molecule has 2 aromatic rings. The first-order valence-electron chi connectivity index (χ1n) is 7.33. The first kappa shape index (κ1) is 15.5. The van der Waals surface area contributed by atoms with Crippen LogP contribution in [0.25, 0.3) is 0 Å². The largest absolute Gasteiger partial charge is 0.245 e. The maximum Gasteiger partial charge on any atom is 0.245 e. The lowest BCUT2D eigenvalue weighted by atomic mass is 10.0. The van der Waals surface area contributed by atoms with Crippen molar-refractivity contribution in [1.82, 2.24) is 4.31 Å². The third-order valence-corrected chi connectivity index (χ3v) is 6.50. The highest BCUT2D eigenvalue weighted by molar-refractivity contribution is 7.89. The molecular formula is C17H18ClNO2S. The fourth-order valence-electron chi connectivity index (χ4n) is 2.93. The summed E-state index contributed by atoms with van der Waals surface area (Å²) in [5, 5.41) is 0.275. The SMILES string of the molecule is Cc1ccc([C@H]2CCCN2S(=O)(=O)c2ccccc2Cl)cc1. The van der Waals surface area contributed by atoms with Gasteiger partial charge in [-0.3, -0.25) is 0 Å². The number of benzene rings is 2. The molecule has 0 aromatic heterocycles. The van der Waals surface area contributed by atoms with Crippen molar-refractivity contribution < 1.29 is 8.42 Å². The molecule has 116 valence electrons. The summed E-state index contributed by atoms with van der Waals surface area (Å²) in [6, 6.07) is 14.6. The van der Waals surface area contributed by atoms with E-state index in [1.165, 1.54) is 5.56 Å². The normalized spacial score (nSPS) is 19.5. The van der Waals surface area contributed by atoms with Crippen molar-refractivity contribution in [3.05, 3.63) is 64.7 Å². The Labute approximate surface area is 136 Å². The zero-order valence-corrected chi connectivity index (χ0v) is 13.9. The first-order valence-corrected chi connectivity index (χ1v) is 9.15. The summed E-state index contributed by atoms with van der Waals surface area (Å²) in [4.78, 5) is 0.190. The Hall–Kier alpha value is -1.36. The monoisotopic (exact) mass is 335 g/mol. The van der Waals surface area contributed by atoms with Gasteiger partial charge in [0, 0.05) is 6.54 Å². The summed E-state index contributed by atoms with van der Waals surface area (Å²) in [6.07, 6.45) is 1.70. The van der Waals surface area contributed by atoms with Gasteiger partial charge in [-0.1, -0.05) is 53.6 Å². The Morgan fingerprint density at radius 1 is 1.09 bits per heavy atom. The highest BCUT2D eigenvalue weighted by Gasteiger charge is 2.36. The van der Waals surface area contributed by atoms with Gasteiger partial charge in [-0.25, -0.2) is 8.42 Å². The average Bonchev–Trinajstić information content (AvgIpc) is 2.98. The number of sulfonamides is 1. The van der Waals surface area contributed by atoms with Gasteiger partial charge >= 0.3 is 0 Å². The fraction of sp³-hybridized carbons (Fsp3) is 0.294. The van der Waals surface area contributed by atoms with Crippen molar-refractivity contribution in [2.75, 3.05) is 6.54 Å². The molecule has 22 heavy (non-hydrogen) atoms. The second-order valence-electron chi connectivity index (χ2n) is 5.61. The summed E-state index contributed by atoms with van der Waals surface area (Å²) in [7, 11) is -3.58. The quantitative estimate of drug-likeness (QED) is 0.844. The second-order valence-corrected chi connectivity index (χ2v) is 7.88. The van der Waals surface area contributed by atoms with Crippen LogP contribution in [0.2, 0.25) is 5.02 Å². The van der Waals surface area contributed by atoms with Crippen LogP contribution in [0.3, 0.4) is 0 Å². The molecule has 0 amide bonds. The van der Waals surface area contributed by atoms with Gasteiger partial charge in [0.05, 0.1) is 11.1 Å². The molecule has 0 aliphatic carbocycles. The molecule has 1 saturated heterocycles. The van der Waals surface area contributed by atoms with E-state index in [9.17, 15) is 8.42 Å². The van der Waals surface area contributed by atoms with Gasteiger partial charge < -0.3 is 0 Å². The molecule has 1 aliphatic rings. The molecule has 1 fully saturated rings. The van der Waals surface area contributed by atoms with Gasteiger partial charge in [0.25, 0.3) is 0 Å². The smallest absolute Gasteiger partial charge is 0.207 e. The van der Waals surface area contributed by atoms with Gasteiger partial charge in [0.1, 0.15) is 4.90 Å². The molecule has 1 heterocycles. The summed E-state index contributed by atoms with van der Waals surface area (Å²) < 4.78 is 27.5. The van der Waals surface area contributed by atoms with Gasteiger partial charge in [-0.2, -0.15) is 4.31 Å². The molecule has 0 saturated carbocycles. The lowest BCUT2D eigenvalue weighted by Gasteiger charge is -2.25. The summed E-state index contributed by atoms with van der Waals surface area (Å²) in [5.41, 5.74) is 2.21. The van der Waals surface area contributed by atoms with Crippen molar-refractivity contribution >= 4 is 21.6 Å². The molecule has 0 N–H and O–H groups in total. The first-order chi connectivity index (χ1) is 10.5. The molecule has 5 heteroatoms. The van der Waals surface area contributed by atoms with Crippen LogP contribution in [-0.2, 0) is 10.0 Å². The minimum absolute atomic E-state index is 0.109. The summed E-state index contributed by atoms with van der Waals surface area (Å²) in [5.74, 6) is 0. The van der Waals surface area contributed by atoms with Crippen molar-refractivity contribution in [2.45, 2.75) is 30.7 Å². The number of aryl methyl sites for hydroxylation is 1. The molecule has 3 rings (SSSR count). The Kier molecular flexibility index (Phi) is 4.26. The Morgan fingerprint density at radius 2 is 1.77 bits per heavy atom. The highest BCUT2D eigenvalue weighted by atomic mass is 35.5. The van der Waals surface area contributed by atoms with Gasteiger partial charge in [0.15, 0.2) is 0 Å². The number of hydrogen-bond acceptors (Lipinski definition) is 2. The maximum absolute atomic E-state index is 12.9. The lowest BCUT2D eigenvalue weighted by Crippen LogP contribution is -2.30. The van der Waals surface area contributed by atoms with Crippen molar-refractivity contribution in [3.8, 4) is 0 Å². The van der Waals surface area contributed by atoms with E-state index in [4.69, 9.17) is 11.6 Å². The number of halogens is 1. The van der Waals surface area contributed by atoms with Crippen LogP contribution in [-0.4, -0.2) is 19.3 Å². The third kappa shape index (κ3) is 2.78. The van der Waals surface area contributed by atoms with E-state index in [2.05, 4.69) is 0 Å². The molecule has 2 aromatic carbocycles. The molecule has 0 unspecified atom stereocenters. The Bertz CT molecular complexity index is 772. The highest BCUT2D eigenvalue weighted by Crippen LogP contribution is 2.37. The van der Waals surface area contributed by atoms with Gasteiger partial charge in [-0.15, -0.1) is 0 Å². The molecule has 0 spiro atoms. The minimum Gasteiger partial charge on any atom is -0.207 e. The topological polar surface area (TPSA) is 37.4 Å². The van der Waals surface area contributed by atoms with Crippen LogP contribution in [0.1, 0.15) is 30.0 Å². The van der Waals surface area contributed by atoms with E-state index in [0.29, 0.717) is 6.54 Å². The number of nitrogens with zero attached hydrogens (tertiary/aromatic N) is 1. The summed E-state index contributed by atoms with van der Waals surface area (Å²) >= 11 is 6.10. The second kappa shape index (κ2) is 6.03. The van der Waals surface area contributed by atoms with Crippen LogP contribution in [0.5, 0.6) is 0 Å². The minimum atomic E-state index is -3.58. The van der Waals surface area contributed by atoms with Crippen molar-refractivity contribution in [2.24, 2.45) is 0 Å². The van der Waals surface area contributed by atoms with E-state index < -0.39 is 10.0 Å². The predicted octanol–water partition coefficient (Wildman–Crippen LogP) is 4.17. The van der Waals surface area contributed by atoms with E-state index in [1.54, 1.807) is 28.6 Å². The standard InChI is InChI=1S/C17H18ClNO2S/c1-13-8-10-14(11-9-13)16-6-4-12-19(16)22(20,21)17-7-3-2-5-15(17)18/h2-3,5,7-11,16H,4,6,12H2,1H3/t16-/m1/s1. The number of hydrogen-bond donors (Lipinski definition) is 0. The zero-order valence-electron chi connectivity index (χ0n) is 12.4. The van der Waals surface area contributed by atoms with Crippen LogP contribution in [0, 0.1) is 6.92 Å². The molecule has 0 radical (unpaired) electrons. The van der Waals surface area contributed by atoms with Crippen LogP contribution < -0.4 is 0 Å². The van der Waals surface area contributed by atoms with Crippen molar-refractivity contribution in [1.29, 1.82) is 0 Å². The van der Waals surface area contributed by atoms with Gasteiger partial charge in [-0.05, 0) is 37.5 Å². The van der Waals surface area contributed by atoms with Gasteiger partial charge in [0.2, 0.25) is 10.0 Å². The maximum atomic E-state index is 12.9. The number of rotatable bonds is 3. The zero-order chi connectivity index (χ0) is 15.7. The average molecular weight is 336 g/mol. The fourth-order valence-corrected chi connectivity index (χ4v) is 5.11. The molecular weight excluding hydrogens is 318 g/mol. The van der Waals surface area contributed by atoms with E-state index in [1.807, 2.05) is 31.2 Å². The Balaban J connectivity index is 1.99. The third-order valence-electron chi connectivity index (χ3n) is 4.09. The van der Waals surface area contributed by atoms with Crippen molar-refractivity contribution in [3.63, 3.8) is 0 Å².